The van der Waals surface area contributed by atoms with E-state index in [0.717, 1.165) is 11.8 Å². The summed E-state index contributed by atoms with van der Waals surface area (Å²) in [6, 6.07) is 5.74. The summed E-state index contributed by atoms with van der Waals surface area (Å²) in [6.07, 6.45) is 0. The molecule has 0 fully saturated rings. The molecule has 5 N–H and O–H groups in total. The minimum absolute atomic E-state index is 0.0495. The van der Waals surface area contributed by atoms with E-state index >= 15 is 0 Å². The molecule has 0 amide bonds. The van der Waals surface area contributed by atoms with Crippen LogP contribution in [0.1, 0.15) is 5.89 Å². The molecule has 1 heterocycles. The molecule has 0 atom stereocenters. The molecule has 0 aliphatic carbocycles. The monoisotopic (exact) mass is 294 g/mol. The van der Waals surface area contributed by atoms with E-state index in [9.17, 15) is 4.39 Å². The SMILES string of the molecule is N=C(N=C(N)N)SCc1nc(-c2ccc(F)cc2)no1. The summed E-state index contributed by atoms with van der Waals surface area (Å²) in [6.45, 7) is 0. The Kier molecular flexibility index (Phi) is 4.31. The van der Waals surface area contributed by atoms with Gasteiger partial charge in [-0.05, 0) is 24.3 Å². The second-order valence-corrected chi connectivity index (χ2v) is 4.61. The zero-order valence-corrected chi connectivity index (χ0v) is 11.0. The molecule has 0 aliphatic rings. The lowest BCUT2D eigenvalue weighted by atomic mass is 10.2. The number of hydrogen-bond donors (Lipinski definition) is 3. The molecule has 0 aliphatic heterocycles. The van der Waals surface area contributed by atoms with Gasteiger partial charge in [-0.1, -0.05) is 16.9 Å². The summed E-state index contributed by atoms with van der Waals surface area (Å²) in [4.78, 5) is 7.69. The van der Waals surface area contributed by atoms with Crippen LogP contribution in [0.5, 0.6) is 0 Å². The van der Waals surface area contributed by atoms with E-state index in [1.807, 2.05) is 0 Å². The predicted octanol–water partition coefficient (Wildman–Crippen LogP) is 1.32. The molecule has 0 saturated carbocycles. The average Bonchev–Trinajstić information content (AvgIpc) is 2.85. The molecule has 0 radical (unpaired) electrons. The number of aromatic nitrogens is 2. The van der Waals surface area contributed by atoms with E-state index in [0.29, 0.717) is 17.3 Å². The highest BCUT2D eigenvalue weighted by atomic mass is 32.2. The van der Waals surface area contributed by atoms with Crippen LogP contribution in [0.2, 0.25) is 0 Å². The number of benzene rings is 1. The maximum absolute atomic E-state index is 12.8. The van der Waals surface area contributed by atoms with Gasteiger partial charge >= 0.3 is 0 Å². The van der Waals surface area contributed by atoms with Gasteiger partial charge in [-0.2, -0.15) is 9.98 Å². The summed E-state index contributed by atoms with van der Waals surface area (Å²) in [5.41, 5.74) is 10.9. The van der Waals surface area contributed by atoms with Crippen LogP contribution >= 0.6 is 11.8 Å². The molecule has 1 aromatic heterocycles. The second kappa shape index (κ2) is 6.15. The van der Waals surface area contributed by atoms with Crippen molar-refractivity contribution in [3.63, 3.8) is 0 Å². The molecular formula is C11H11FN6OS. The lowest BCUT2D eigenvalue weighted by Gasteiger charge is -1.95. The first-order valence-corrected chi connectivity index (χ1v) is 6.42. The molecule has 0 saturated heterocycles. The molecule has 0 spiro atoms. The van der Waals surface area contributed by atoms with Crippen LogP contribution < -0.4 is 11.5 Å². The van der Waals surface area contributed by atoms with Crippen molar-refractivity contribution in [3.8, 4) is 11.4 Å². The smallest absolute Gasteiger partial charge is 0.237 e. The zero-order chi connectivity index (χ0) is 14.5. The fraction of sp³-hybridized carbons (Fsp3) is 0.0909. The predicted molar refractivity (Wildman–Crippen MR) is 74.5 cm³/mol. The molecule has 9 heteroatoms. The van der Waals surface area contributed by atoms with Crippen molar-refractivity contribution in [1.29, 1.82) is 5.41 Å². The van der Waals surface area contributed by atoms with Crippen molar-refractivity contribution in [2.75, 3.05) is 0 Å². The van der Waals surface area contributed by atoms with Crippen LogP contribution in [0.25, 0.3) is 11.4 Å². The van der Waals surface area contributed by atoms with Gasteiger partial charge in [0.25, 0.3) is 0 Å². The Balaban J connectivity index is 2.01. The average molecular weight is 294 g/mol. The number of nitrogens with zero attached hydrogens (tertiary/aromatic N) is 3. The number of guanidine groups is 1. The normalized spacial score (nSPS) is 10.2. The number of thioether (sulfide) groups is 1. The van der Waals surface area contributed by atoms with Crippen LogP contribution in [0, 0.1) is 11.2 Å². The van der Waals surface area contributed by atoms with Crippen LogP contribution in [0.4, 0.5) is 4.39 Å². The molecule has 104 valence electrons. The van der Waals surface area contributed by atoms with Crippen molar-refractivity contribution >= 4 is 22.9 Å². The quantitative estimate of drug-likeness (QED) is 0.578. The highest BCUT2D eigenvalue weighted by Gasteiger charge is 2.09. The van der Waals surface area contributed by atoms with Gasteiger partial charge in [0.2, 0.25) is 11.7 Å². The second-order valence-electron chi connectivity index (χ2n) is 3.65. The van der Waals surface area contributed by atoms with E-state index in [-0.39, 0.29) is 22.7 Å². The number of halogens is 1. The molecule has 2 aromatic rings. The van der Waals surface area contributed by atoms with Crippen molar-refractivity contribution in [1.82, 2.24) is 10.1 Å². The fourth-order valence-corrected chi connectivity index (χ4v) is 1.86. The van der Waals surface area contributed by atoms with Gasteiger partial charge in [0.05, 0.1) is 5.75 Å². The third kappa shape index (κ3) is 3.79. The lowest BCUT2D eigenvalue weighted by molar-refractivity contribution is 0.392. The molecule has 0 bridgehead atoms. The van der Waals surface area contributed by atoms with Crippen molar-refractivity contribution in [2.24, 2.45) is 16.5 Å². The lowest BCUT2D eigenvalue weighted by Crippen LogP contribution is -2.23. The Morgan fingerprint density at radius 1 is 1.35 bits per heavy atom. The molecule has 1 aromatic carbocycles. The minimum atomic E-state index is -0.335. The summed E-state index contributed by atoms with van der Waals surface area (Å²) in [5.74, 6) is 0.432. The first kappa shape index (κ1) is 14.0. The molecular weight excluding hydrogens is 283 g/mol. The standard InChI is InChI=1S/C11H11FN6OS/c12-7-3-1-6(2-4-7)9-16-8(19-18-9)5-20-11(15)17-10(13)14/h1-4H,5H2,(H5,13,14,15,17). The zero-order valence-electron chi connectivity index (χ0n) is 10.2. The van der Waals surface area contributed by atoms with Crippen LogP contribution in [-0.2, 0) is 5.75 Å². The van der Waals surface area contributed by atoms with Crippen LogP contribution in [0.15, 0.2) is 33.8 Å². The molecule has 20 heavy (non-hydrogen) atoms. The minimum Gasteiger partial charge on any atom is -0.370 e. The van der Waals surface area contributed by atoms with Gasteiger partial charge in [-0.25, -0.2) is 4.39 Å². The van der Waals surface area contributed by atoms with Gasteiger partial charge in [0.1, 0.15) is 5.82 Å². The Bertz CT molecular complexity index is 635. The summed E-state index contributed by atoms with van der Waals surface area (Å²) in [5, 5.41) is 11.2. The van der Waals surface area contributed by atoms with Gasteiger partial charge in [-0.3, -0.25) is 5.41 Å². The summed E-state index contributed by atoms with van der Waals surface area (Å²) < 4.78 is 17.8. The van der Waals surface area contributed by atoms with Gasteiger partial charge in [-0.15, -0.1) is 0 Å². The van der Waals surface area contributed by atoms with Crippen molar-refractivity contribution < 1.29 is 8.91 Å². The number of nitrogens with one attached hydrogen (secondary N) is 1. The highest BCUT2D eigenvalue weighted by Crippen LogP contribution is 2.18. The van der Waals surface area contributed by atoms with Gasteiger partial charge in [0, 0.05) is 5.56 Å². The maximum Gasteiger partial charge on any atom is 0.237 e. The van der Waals surface area contributed by atoms with Crippen LogP contribution in [0.3, 0.4) is 0 Å². The Labute approximate surface area is 117 Å². The van der Waals surface area contributed by atoms with Gasteiger partial charge < -0.3 is 16.0 Å². The Hall–Kier alpha value is -2.42. The number of rotatable bonds is 3. The largest absolute Gasteiger partial charge is 0.370 e. The maximum atomic E-state index is 12.8. The van der Waals surface area contributed by atoms with Crippen molar-refractivity contribution in [3.05, 3.63) is 36.0 Å². The summed E-state index contributed by atoms with van der Waals surface area (Å²) in [7, 11) is 0. The topological polar surface area (TPSA) is 127 Å². The summed E-state index contributed by atoms with van der Waals surface area (Å²) >= 11 is 1.05. The number of nitrogens with two attached hydrogens (primary N) is 2. The van der Waals surface area contributed by atoms with E-state index in [4.69, 9.17) is 21.4 Å². The molecule has 7 nitrogen and oxygen atoms in total. The third-order valence-electron chi connectivity index (χ3n) is 2.13. The van der Waals surface area contributed by atoms with Gasteiger partial charge in [0.15, 0.2) is 11.1 Å². The van der Waals surface area contributed by atoms with Crippen molar-refractivity contribution in [2.45, 2.75) is 5.75 Å². The number of hydrogen-bond acceptors (Lipinski definition) is 5. The number of amidine groups is 1. The Morgan fingerprint density at radius 2 is 2.05 bits per heavy atom. The first-order chi connectivity index (χ1) is 9.54. The van der Waals surface area contributed by atoms with E-state index in [2.05, 4.69) is 15.1 Å². The number of aliphatic imine (C=N–C) groups is 1. The third-order valence-corrected chi connectivity index (χ3v) is 2.89. The van der Waals surface area contributed by atoms with Crippen LogP contribution in [-0.4, -0.2) is 21.3 Å². The Morgan fingerprint density at radius 3 is 2.70 bits per heavy atom. The van der Waals surface area contributed by atoms with E-state index < -0.39 is 0 Å². The fourth-order valence-electron chi connectivity index (χ4n) is 1.31. The molecule has 0 unspecified atom stereocenters. The molecule has 2 rings (SSSR count). The van der Waals surface area contributed by atoms with E-state index in [1.54, 1.807) is 12.1 Å². The van der Waals surface area contributed by atoms with E-state index in [1.165, 1.54) is 12.1 Å². The first-order valence-electron chi connectivity index (χ1n) is 5.44. The highest BCUT2D eigenvalue weighted by molar-refractivity contribution is 8.13.